The number of allylic oxidation sites excluding steroid dienone is 2. The van der Waals surface area contributed by atoms with Crippen LogP contribution in [-0.4, -0.2) is 5.78 Å². The van der Waals surface area contributed by atoms with Gasteiger partial charge in [-0.1, -0.05) is 18.2 Å². The van der Waals surface area contributed by atoms with Crippen LogP contribution in [0.1, 0.15) is 36.0 Å². The first-order chi connectivity index (χ1) is 7.27. The normalized spacial score (nSPS) is 19.1. The zero-order valence-corrected chi connectivity index (χ0v) is 8.97. The van der Waals surface area contributed by atoms with Gasteiger partial charge in [0.2, 0.25) is 0 Å². The van der Waals surface area contributed by atoms with Gasteiger partial charge in [0.25, 0.3) is 0 Å². The Hall–Kier alpha value is -1.37. The molecule has 0 aliphatic heterocycles. The highest BCUT2D eigenvalue weighted by molar-refractivity contribution is 6.06. The minimum atomic E-state index is 0.381. The van der Waals surface area contributed by atoms with E-state index in [2.05, 4.69) is 25.1 Å². The Morgan fingerprint density at radius 3 is 2.87 bits per heavy atom. The number of aryl methyl sites for hydroxylation is 1. The summed E-state index contributed by atoms with van der Waals surface area (Å²) in [5, 5.41) is 0. The fourth-order valence-corrected chi connectivity index (χ4v) is 2.79. The largest absolute Gasteiger partial charge is 0.295 e. The molecule has 1 aromatic rings. The van der Waals surface area contributed by atoms with E-state index in [9.17, 15) is 4.79 Å². The van der Waals surface area contributed by atoms with Crippen molar-refractivity contribution in [3.05, 3.63) is 40.5 Å². The van der Waals surface area contributed by atoms with Crippen LogP contribution in [0.25, 0.3) is 5.57 Å². The van der Waals surface area contributed by atoms with Crippen molar-refractivity contribution in [2.24, 2.45) is 0 Å². The first-order valence-electron chi connectivity index (χ1n) is 5.61. The minimum absolute atomic E-state index is 0.381. The van der Waals surface area contributed by atoms with E-state index in [1.165, 1.54) is 22.3 Å². The Kier molecular flexibility index (Phi) is 1.82. The molecule has 0 bridgehead atoms. The van der Waals surface area contributed by atoms with Gasteiger partial charge in [-0.2, -0.15) is 0 Å². The summed E-state index contributed by atoms with van der Waals surface area (Å²) in [5.41, 5.74) is 6.50. The van der Waals surface area contributed by atoms with Crippen molar-refractivity contribution >= 4 is 11.4 Å². The molecule has 1 nitrogen and oxygen atoms in total. The molecule has 3 rings (SSSR count). The molecule has 0 fully saturated rings. The van der Waals surface area contributed by atoms with Crippen LogP contribution in [-0.2, 0) is 11.2 Å². The molecule has 0 heterocycles. The molecular weight excluding hydrogens is 184 g/mol. The molecule has 15 heavy (non-hydrogen) atoms. The van der Waals surface area contributed by atoms with Crippen LogP contribution < -0.4 is 0 Å². The lowest BCUT2D eigenvalue weighted by molar-refractivity contribution is -0.115. The quantitative estimate of drug-likeness (QED) is 0.626. The number of hydrogen-bond donors (Lipinski definition) is 0. The van der Waals surface area contributed by atoms with E-state index in [4.69, 9.17) is 0 Å². The minimum Gasteiger partial charge on any atom is -0.295 e. The lowest BCUT2D eigenvalue weighted by Crippen LogP contribution is -2.08. The van der Waals surface area contributed by atoms with Crippen molar-refractivity contribution in [1.82, 2.24) is 0 Å². The van der Waals surface area contributed by atoms with Crippen LogP contribution in [0.2, 0.25) is 0 Å². The third-order valence-electron chi connectivity index (χ3n) is 3.62. The van der Waals surface area contributed by atoms with Crippen molar-refractivity contribution < 1.29 is 4.79 Å². The summed E-state index contributed by atoms with van der Waals surface area (Å²) in [5.74, 6) is 0.381. The Morgan fingerprint density at radius 1 is 1.13 bits per heavy atom. The van der Waals surface area contributed by atoms with E-state index >= 15 is 0 Å². The first-order valence-corrected chi connectivity index (χ1v) is 5.61. The molecule has 0 saturated carbocycles. The summed E-state index contributed by atoms with van der Waals surface area (Å²) in [7, 11) is 0. The molecule has 2 aliphatic rings. The predicted octanol–water partition coefficient (Wildman–Crippen LogP) is 3.06. The molecule has 0 spiro atoms. The second kappa shape index (κ2) is 3.06. The van der Waals surface area contributed by atoms with Gasteiger partial charge < -0.3 is 0 Å². The smallest absolute Gasteiger partial charge is 0.159 e. The summed E-state index contributed by atoms with van der Waals surface area (Å²) >= 11 is 0. The van der Waals surface area contributed by atoms with Crippen molar-refractivity contribution in [1.29, 1.82) is 0 Å². The Morgan fingerprint density at radius 2 is 2.00 bits per heavy atom. The van der Waals surface area contributed by atoms with Crippen LogP contribution in [0.5, 0.6) is 0 Å². The second-order valence-corrected chi connectivity index (χ2v) is 4.51. The van der Waals surface area contributed by atoms with Crippen LogP contribution in [0.15, 0.2) is 23.8 Å². The summed E-state index contributed by atoms with van der Waals surface area (Å²) < 4.78 is 0. The highest BCUT2D eigenvalue weighted by Crippen LogP contribution is 2.40. The lowest BCUT2D eigenvalue weighted by Gasteiger charge is -2.12. The fourth-order valence-electron chi connectivity index (χ4n) is 2.79. The molecule has 0 unspecified atom stereocenters. The molecular formula is C14H14O. The summed E-state index contributed by atoms with van der Waals surface area (Å²) in [4.78, 5) is 11.8. The molecule has 76 valence electrons. The fraction of sp³-hybridized carbons (Fsp3) is 0.357. The van der Waals surface area contributed by atoms with E-state index in [-0.39, 0.29) is 0 Å². The second-order valence-electron chi connectivity index (χ2n) is 4.51. The Balaban J connectivity index is 2.18. The lowest BCUT2D eigenvalue weighted by atomic mass is 9.91. The van der Waals surface area contributed by atoms with E-state index in [1.54, 1.807) is 0 Å². The van der Waals surface area contributed by atoms with E-state index in [0.29, 0.717) is 5.78 Å². The van der Waals surface area contributed by atoms with Crippen LogP contribution >= 0.6 is 0 Å². The van der Waals surface area contributed by atoms with Gasteiger partial charge in [0.15, 0.2) is 5.78 Å². The number of carbonyl (C=O) groups excluding carboxylic acids is 1. The van der Waals surface area contributed by atoms with E-state index < -0.39 is 0 Å². The molecule has 1 heteroatoms. The maximum absolute atomic E-state index is 11.8. The first kappa shape index (κ1) is 8.90. The van der Waals surface area contributed by atoms with Gasteiger partial charge >= 0.3 is 0 Å². The number of ketones is 1. The average Bonchev–Trinajstić information content (AvgIpc) is 2.60. The summed E-state index contributed by atoms with van der Waals surface area (Å²) in [6.07, 6.45) is 3.77. The zero-order chi connectivity index (χ0) is 10.4. The maximum Gasteiger partial charge on any atom is 0.159 e. The van der Waals surface area contributed by atoms with Crippen molar-refractivity contribution in [2.75, 3.05) is 0 Å². The Labute approximate surface area is 89.8 Å². The monoisotopic (exact) mass is 198 g/mol. The van der Waals surface area contributed by atoms with Gasteiger partial charge in [0, 0.05) is 18.4 Å². The third kappa shape index (κ3) is 1.19. The molecule has 0 saturated heterocycles. The number of hydrogen-bond acceptors (Lipinski definition) is 1. The van der Waals surface area contributed by atoms with Gasteiger partial charge in [-0.25, -0.2) is 0 Å². The van der Waals surface area contributed by atoms with Gasteiger partial charge in [-0.15, -0.1) is 0 Å². The number of fused-ring (bicyclic) bond motifs is 2. The number of carbonyl (C=O) groups is 1. The van der Waals surface area contributed by atoms with Gasteiger partial charge in [-0.05, 0) is 42.0 Å². The predicted molar refractivity (Wildman–Crippen MR) is 60.7 cm³/mol. The SMILES string of the molecule is Cc1cccc2c1CC1=C2CCCC1=O. The molecule has 1 aromatic carbocycles. The molecule has 2 aliphatic carbocycles. The highest BCUT2D eigenvalue weighted by Gasteiger charge is 2.29. The van der Waals surface area contributed by atoms with Crippen LogP contribution in [0.4, 0.5) is 0 Å². The van der Waals surface area contributed by atoms with E-state index in [0.717, 1.165) is 31.3 Å². The van der Waals surface area contributed by atoms with Gasteiger partial charge in [-0.3, -0.25) is 4.79 Å². The topological polar surface area (TPSA) is 17.1 Å². The summed E-state index contributed by atoms with van der Waals surface area (Å²) in [6, 6.07) is 6.41. The maximum atomic E-state index is 11.8. The standard InChI is InChI=1S/C14H14O/c1-9-4-2-5-10-11-6-3-7-14(15)13(11)8-12(9)10/h2,4-5H,3,6-8H2,1H3. The van der Waals surface area contributed by atoms with Crippen molar-refractivity contribution in [3.8, 4) is 0 Å². The molecule has 0 amide bonds. The molecule has 0 radical (unpaired) electrons. The molecule has 0 aromatic heterocycles. The van der Waals surface area contributed by atoms with Gasteiger partial charge in [0.05, 0.1) is 0 Å². The summed E-state index contributed by atoms with van der Waals surface area (Å²) in [6.45, 7) is 2.14. The highest BCUT2D eigenvalue weighted by atomic mass is 16.1. The third-order valence-corrected chi connectivity index (χ3v) is 3.62. The average molecular weight is 198 g/mol. The van der Waals surface area contributed by atoms with Crippen molar-refractivity contribution in [2.45, 2.75) is 32.6 Å². The van der Waals surface area contributed by atoms with E-state index in [1.807, 2.05) is 0 Å². The van der Waals surface area contributed by atoms with Crippen molar-refractivity contribution in [3.63, 3.8) is 0 Å². The molecule has 0 atom stereocenters. The number of rotatable bonds is 0. The molecule has 0 N–H and O–H groups in total. The number of benzene rings is 1. The van der Waals surface area contributed by atoms with Crippen LogP contribution in [0.3, 0.4) is 0 Å². The van der Waals surface area contributed by atoms with Crippen LogP contribution in [0, 0.1) is 6.92 Å². The zero-order valence-electron chi connectivity index (χ0n) is 8.97. The Bertz CT molecular complexity index is 480. The van der Waals surface area contributed by atoms with Gasteiger partial charge in [0.1, 0.15) is 0 Å². The number of Topliss-reactive ketones (excluding diaryl/α,β-unsaturated/α-hetero) is 1.